The van der Waals surface area contributed by atoms with Crippen molar-refractivity contribution in [2.45, 2.75) is 25.0 Å². The normalized spacial score (nSPS) is 23.0. The van der Waals surface area contributed by atoms with E-state index < -0.39 is 0 Å². The third-order valence-corrected chi connectivity index (χ3v) is 3.96. The second-order valence-corrected chi connectivity index (χ2v) is 5.21. The Morgan fingerprint density at radius 2 is 2.15 bits per heavy atom. The molecule has 0 spiro atoms. The van der Waals surface area contributed by atoms with Crippen molar-refractivity contribution in [3.63, 3.8) is 0 Å². The number of likely N-dealkylation sites (tertiary alicyclic amines) is 1. The number of carbonyl (C=O) groups is 1. The molecule has 2 N–H and O–H groups in total. The largest absolute Gasteiger partial charge is 0.369 e. The van der Waals surface area contributed by atoms with Crippen LogP contribution < -0.4 is 5.73 Å². The fourth-order valence-corrected chi connectivity index (χ4v) is 2.86. The van der Waals surface area contributed by atoms with Crippen molar-refractivity contribution in [2.24, 2.45) is 0 Å². The average Bonchev–Trinajstić information content (AvgIpc) is 3.07. The molecule has 1 aliphatic rings. The lowest BCUT2D eigenvalue weighted by Crippen LogP contribution is -2.32. The number of carbonyl (C=O) groups excluding carboxylic acids is 1. The van der Waals surface area contributed by atoms with E-state index in [1.165, 1.54) is 5.56 Å². The Labute approximate surface area is 118 Å². The lowest BCUT2D eigenvalue weighted by Gasteiger charge is -2.21. The van der Waals surface area contributed by atoms with Crippen LogP contribution in [0.25, 0.3) is 0 Å². The van der Waals surface area contributed by atoms with Gasteiger partial charge in [0.15, 0.2) is 0 Å². The van der Waals surface area contributed by atoms with Crippen molar-refractivity contribution in [2.75, 3.05) is 12.3 Å². The molecule has 3 rings (SSSR count). The van der Waals surface area contributed by atoms with Gasteiger partial charge in [-0.25, -0.2) is 4.98 Å². The summed E-state index contributed by atoms with van der Waals surface area (Å²) in [5, 5.41) is 0. The van der Waals surface area contributed by atoms with E-state index in [0.29, 0.717) is 18.5 Å². The maximum atomic E-state index is 11.3. The first-order valence-electron chi connectivity index (χ1n) is 6.79. The summed E-state index contributed by atoms with van der Waals surface area (Å²) in [4.78, 5) is 17.5. The molecule has 1 saturated heterocycles. The number of aromatic nitrogens is 2. The second kappa shape index (κ2) is 5.46. The standard InChI is InChI=1S/C15H18N4O/c16-15-17-6-7-18(15)11-19-9-13(8-14(19)10-20)12-4-2-1-3-5-12/h1-7,10,13-14H,8-9,11H2,(H2,16,17). The van der Waals surface area contributed by atoms with E-state index in [1.807, 2.05) is 29.0 Å². The highest BCUT2D eigenvalue weighted by Gasteiger charge is 2.32. The van der Waals surface area contributed by atoms with Crippen molar-refractivity contribution < 1.29 is 4.79 Å². The molecule has 5 heteroatoms. The molecule has 1 fully saturated rings. The van der Waals surface area contributed by atoms with E-state index in [9.17, 15) is 4.79 Å². The van der Waals surface area contributed by atoms with Crippen LogP contribution in [-0.2, 0) is 11.5 Å². The van der Waals surface area contributed by atoms with Gasteiger partial charge < -0.3 is 15.1 Å². The SMILES string of the molecule is Nc1nccn1CN1CC(c2ccccc2)CC1C=O. The van der Waals surface area contributed by atoms with Crippen LogP contribution in [0.3, 0.4) is 0 Å². The van der Waals surface area contributed by atoms with Gasteiger partial charge in [-0.2, -0.15) is 0 Å². The van der Waals surface area contributed by atoms with Crippen molar-refractivity contribution in [1.29, 1.82) is 0 Å². The Morgan fingerprint density at radius 3 is 2.80 bits per heavy atom. The number of nitrogens with two attached hydrogens (primary N) is 1. The van der Waals surface area contributed by atoms with Crippen molar-refractivity contribution in [3.05, 3.63) is 48.3 Å². The maximum Gasteiger partial charge on any atom is 0.201 e. The molecular formula is C15H18N4O. The lowest BCUT2D eigenvalue weighted by atomic mass is 9.97. The first kappa shape index (κ1) is 12.9. The summed E-state index contributed by atoms with van der Waals surface area (Å²) in [7, 11) is 0. The van der Waals surface area contributed by atoms with Crippen LogP contribution in [0.2, 0.25) is 0 Å². The number of nitrogen functional groups attached to an aromatic ring is 1. The Balaban J connectivity index is 1.75. The number of hydrogen-bond acceptors (Lipinski definition) is 4. The minimum Gasteiger partial charge on any atom is -0.369 e. The first-order valence-corrected chi connectivity index (χ1v) is 6.79. The summed E-state index contributed by atoms with van der Waals surface area (Å²) < 4.78 is 1.86. The zero-order chi connectivity index (χ0) is 13.9. The summed E-state index contributed by atoms with van der Waals surface area (Å²) in [6, 6.07) is 10.3. The van der Waals surface area contributed by atoms with E-state index in [2.05, 4.69) is 22.0 Å². The molecule has 2 unspecified atom stereocenters. The summed E-state index contributed by atoms with van der Waals surface area (Å²) in [6.07, 6.45) is 5.42. The zero-order valence-corrected chi connectivity index (χ0v) is 11.2. The van der Waals surface area contributed by atoms with E-state index >= 15 is 0 Å². The minimum atomic E-state index is -0.0537. The van der Waals surface area contributed by atoms with Gasteiger partial charge in [0.05, 0.1) is 12.7 Å². The molecule has 2 atom stereocenters. The molecule has 1 aromatic heterocycles. The van der Waals surface area contributed by atoms with Gasteiger partial charge in [0.25, 0.3) is 0 Å². The van der Waals surface area contributed by atoms with Gasteiger partial charge in [0.1, 0.15) is 6.29 Å². The van der Waals surface area contributed by atoms with E-state index in [1.54, 1.807) is 6.20 Å². The van der Waals surface area contributed by atoms with Crippen LogP contribution in [0.5, 0.6) is 0 Å². The lowest BCUT2D eigenvalue weighted by molar-refractivity contribution is -0.112. The van der Waals surface area contributed by atoms with Crippen LogP contribution in [0.1, 0.15) is 17.9 Å². The third-order valence-electron chi connectivity index (χ3n) is 3.96. The third kappa shape index (κ3) is 2.44. The van der Waals surface area contributed by atoms with Gasteiger partial charge in [-0.1, -0.05) is 30.3 Å². The molecule has 20 heavy (non-hydrogen) atoms. The van der Waals surface area contributed by atoms with Crippen molar-refractivity contribution in [1.82, 2.24) is 14.5 Å². The number of aldehydes is 1. The highest BCUT2D eigenvalue weighted by atomic mass is 16.1. The Kier molecular flexibility index (Phi) is 3.52. The maximum absolute atomic E-state index is 11.3. The quantitative estimate of drug-likeness (QED) is 0.855. The molecule has 2 heterocycles. The number of benzene rings is 1. The number of imidazole rings is 1. The molecule has 0 aliphatic carbocycles. The van der Waals surface area contributed by atoms with E-state index in [0.717, 1.165) is 19.3 Å². The van der Waals surface area contributed by atoms with Crippen LogP contribution in [0.15, 0.2) is 42.7 Å². The summed E-state index contributed by atoms with van der Waals surface area (Å²) in [6.45, 7) is 1.48. The Hall–Kier alpha value is -2.14. The van der Waals surface area contributed by atoms with E-state index in [-0.39, 0.29) is 6.04 Å². The summed E-state index contributed by atoms with van der Waals surface area (Å²) in [5.41, 5.74) is 7.08. The minimum absolute atomic E-state index is 0.0537. The average molecular weight is 270 g/mol. The van der Waals surface area contributed by atoms with Gasteiger partial charge in [-0.05, 0) is 17.9 Å². The smallest absolute Gasteiger partial charge is 0.201 e. The van der Waals surface area contributed by atoms with Crippen LogP contribution >= 0.6 is 0 Å². The molecule has 104 valence electrons. The summed E-state index contributed by atoms with van der Waals surface area (Å²) in [5.74, 6) is 0.883. The molecule has 1 aromatic carbocycles. The Bertz CT molecular complexity index is 581. The molecule has 5 nitrogen and oxygen atoms in total. The molecule has 0 saturated carbocycles. The van der Waals surface area contributed by atoms with Crippen LogP contribution in [-0.4, -0.2) is 33.3 Å². The van der Waals surface area contributed by atoms with Gasteiger partial charge in [-0.15, -0.1) is 0 Å². The van der Waals surface area contributed by atoms with Crippen molar-refractivity contribution in [3.8, 4) is 0 Å². The predicted octanol–water partition coefficient (Wildman–Crippen LogP) is 1.48. The van der Waals surface area contributed by atoms with Gasteiger partial charge in [0, 0.05) is 18.9 Å². The predicted molar refractivity (Wildman–Crippen MR) is 77.0 cm³/mol. The summed E-state index contributed by atoms with van der Waals surface area (Å²) >= 11 is 0. The molecule has 1 aliphatic heterocycles. The molecule has 2 aromatic rings. The molecular weight excluding hydrogens is 252 g/mol. The van der Waals surface area contributed by atoms with Gasteiger partial charge >= 0.3 is 0 Å². The topological polar surface area (TPSA) is 64.2 Å². The van der Waals surface area contributed by atoms with Crippen molar-refractivity contribution >= 4 is 12.2 Å². The zero-order valence-electron chi connectivity index (χ0n) is 11.2. The fourth-order valence-electron chi connectivity index (χ4n) is 2.86. The van der Waals surface area contributed by atoms with Gasteiger partial charge in [-0.3, -0.25) is 4.90 Å². The second-order valence-electron chi connectivity index (χ2n) is 5.21. The highest BCUT2D eigenvalue weighted by Crippen LogP contribution is 2.31. The van der Waals surface area contributed by atoms with Gasteiger partial charge in [0.2, 0.25) is 5.95 Å². The monoisotopic (exact) mass is 270 g/mol. The molecule has 0 radical (unpaired) electrons. The number of nitrogens with zero attached hydrogens (tertiary/aromatic N) is 3. The number of rotatable bonds is 4. The number of hydrogen-bond donors (Lipinski definition) is 1. The number of anilines is 1. The first-order chi connectivity index (χ1) is 9.78. The Morgan fingerprint density at radius 1 is 1.35 bits per heavy atom. The van der Waals surface area contributed by atoms with E-state index in [4.69, 9.17) is 5.73 Å². The van der Waals surface area contributed by atoms with Crippen LogP contribution in [0.4, 0.5) is 5.95 Å². The highest BCUT2D eigenvalue weighted by molar-refractivity contribution is 5.58. The van der Waals surface area contributed by atoms with Crippen LogP contribution in [0, 0.1) is 0 Å². The molecule has 0 amide bonds. The fraction of sp³-hybridized carbons (Fsp3) is 0.333. The molecule has 0 bridgehead atoms.